The standard InChI is InChI=1S/C30H26ClN3S/c1-20-10-12-22(13-11-20)27-25-9-5-6-18-33-26(21-7-3-2-4-8-21)19-34(30(25)33)28(27)29(35)32-24-16-14-23(31)15-17-24/h2-4,7-8,10-17,19H,5-6,9,18H2,1H3,(H,32,35). The smallest absolute Gasteiger partial charge is 0.128 e. The van der Waals surface area contributed by atoms with E-state index in [9.17, 15) is 0 Å². The molecule has 0 fully saturated rings. The zero-order valence-electron chi connectivity index (χ0n) is 19.6. The molecule has 1 aliphatic rings. The van der Waals surface area contributed by atoms with Crippen LogP contribution in [0.15, 0.2) is 85.1 Å². The molecule has 0 unspecified atom stereocenters. The fourth-order valence-electron chi connectivity index (χ4n) is 5.20. The Morgan fingerprint density at radius 1 is 0.886 bits per heavy atom. The van der Waals surface area contributed by atoms with Crippen LogP contribution in [0.25, 0.3) is 28.0 Å². The van der Waals surface area contributed by atoms with Gasteiger partial charge >= 0.3 is 0 Å². The maximum absolute atomic E-state index is 6.12. The van der Waals surface area contributed by atoms with Crippen molar-refractivity contribution < 1.29 is 0 Å². The first kappa shape index (κ1) is 22.1. The van der Waals surface area contributed by atoms with Gasteiger partial charge in [-0.05, 0) is 61.6 Å². The Kier molecular flexibility index (Phi) is 5.71. The predicted octanol–water partition coefficient (Wildman–Crippen LogP) is 8.16. The van der Waals surface area contributed by atoms with Gasteiger partial charge in [0.1, 0.15) is 10.6 Å². The van der Waals surface area contributed by atoms with Crippen LogP contribution in [0.4, 0.5) is 5.69 Å². The van der Waals surface area contributed by atoms with Gasteiger partial charge in [0.25, 0.3) is 0 Å². The van der Waals surface area contributed by atoms with Gasteiger partial charge in [0, 0.05) is 34.6 Å². The summed E-state index contributed by atoms with van der Waals surface area (Å²) in [4.78, 5) is 0.710. The van der Waals surface area contributed by atoms with E-state index in [-0.39, 0.29) is 0 Å². The number of imidazole rings is 1. The molecule has 2 aromatic heterocycles. The first-order chi connectivity index (χ1) is 17.1. The molecule has 6 rings (SSSR count). The molecule has 0 atom stereocenters. The van der Waals surface area contributed by atoms with Crippen molar-refractivity contribution in [2.75, 3.05) is 5.32 Å². The van der Waals surface area contributed by atoms with Crippen molar-refractivity contribution in [1.82, 2.24) is 8.97 Å². The van der Waals surface area contributed by atoms with Gasteiger partial charge in [0.05, 0.1) is 11.4 Å². The predicted molar refractivity (Wildman–Crippen MR) is 151 cm³/mol. The molecule has 0 spiro atoms. The van der Waals surface area contributed by atoms with Crippen molar-refractivity contribution in [2.45, 2.75) is 32.7 Å². The first-order valence-corrected chi connectivity index (χ1v) is 12.8. The molecule has 0 saturated heterocycles. The third kappa shape index (κ3) is 3.97. The van der Waals surface area contributed by atoms with Gasteiger partial charge in [-0.25, -0.2) is 0 Å². The minimum atomic E-state index is 0.709. The number of anilines is 1. The molecular weight excluding hydrogens is 470 g/mol. The lowest BCUT2D eigenvalue weighted by molar-refractivity contribution is 0.647. The van der Waals surface area contributed by atoms with Crippen LogP contribution in [0, 0.1) is 6.92 Å². The summed E-state index contributed by atoms with van der Waals surface area (Å²) in [6.45, 7) is 3.13. The third-order valence-corrected chi connectivity index (χ3v) is 7.41. The van der Waals surface area contributed by atoms with E-state index in [0.29, 0.717) is 10.0 Å². The molecule has 5 aromatic rings. The highest BCUT2D eigenvalue weighted by atomic mass is 35.5. The Morgan fingerprint density at radius 2 is 1.63 bits per heavy atom. The fourth-order valence-corrected chi connectivity index (χ4v) is 5.65. The van der Waals surface area contributed by atoms with E-state index in [4.69, 9.17) is 23.8 Å². The normalized spacial score (nSPS) is 13.1. The van der Waals surface area contributed by atoms with E-state index >= 15 is 0 Å². The molecule has 0 bridgehead atoms. The van der Waals surface area contributed by atoms with Gasteiger partial charge in [0.2, 0.25) is 0 Å². The SMILES string of the molecule is Cc1ccc(-c2c3c4n(c(-c5ccccc5)cn4c2C(=S)Nc2ccc(Cl)cc2)CCCC3)cc1. The Bertz CT molecular complexity index is 1530. The van der Waals surface area contributed by atoms with E-state index in [2.05, 4.69) is 82.0 Å². The van der Waals surface area contributed by atoms with Crippen LogP contribution < -0.4 is 5.32 Å². The minimum Gasteiger partial charge on any atom is -0.345 e. The summed E-state index contributed by atoms with van der Waals surface area (Å²) in [5, 5.41) is 4.19. The van der Waals surface area contributed by atoms with Crippen molar-refractivity contribution in [3.8, 4) is 22.4 Å². The van der Waals surface area contributed by atoms with Crippen molar-refractivity contribution in [3.05, 3.63) is 107 Å². The molecule has 3 aromatic carbocycles. The number of nitrogens with zero attached hydrogens (tertiary/aromatic N) is 2. The largest absolute Gasteiger partial charge is 0.345 e. The maximum Gasteiger partial charge on any atom is 0.128 e. The maximum atomic E-state index is 6.12. The van der Waals surface area contributed by atoms with Gasteiger partial charge in [-0.15, -0.1) is 0 Å². The average Bonchev–Trinajstić information content (AvgIpc) is 3.29. The van der Waals surface area contributed by atoms with E-state index in [1.165, 1.54) is 39.2 Å². The molecule has 174 valence electrons. The lowest BCUT2D eigenvalue weighted by Gasteiger charge is -2.12. The molecule has 1 aliphatic heterocycles. The summed E-state index contributed by atoms with van der Waals surface area (Å²) in [7, 11) is 0. The van der Waals surface area contributed by atoms with Crippen LogP contribution >= 0.6 is 23.8 Å². The number of benzene rings is 3. The summed E-state index contributed by atoms with van der Waals surface area (Å²) in [5.74, 6) is 0. The average molecular weight is 496 g/mol. The lowest BCUT2D eigenvalue weighted by atomic mass is 9.97. The second-order valence-corrected chi connectivity index (χ2v) is 10.1. The molecule has 1 N–H and O–H groups in total. The minimum absolute atomic E-state index is 0.709. The number of rotatable bonds is 4. The van der Waals surface area contributed by atoms with Gasteiger partial charge < -0.3 is 9.88 Å². The van der Waals surface area contributed by atoms with E-state index < -0.39 is 0 Å². The molecular formula is C30H26ClN3S. The number of hydrogen-bond donors (Lipinski definition) is 1. The molecule has 5 heteroatoms. The molecule has 0 aliphatic carbocycles. The monoisotopic (exact) mass is 495 g/mol. The Morgan fingerprint density at radius 3 is 2.37 bits per heavy atom. The summed E-state index contributed by atoms with van der Waals surface area (Å²) in [6, 6.07) is 27.2. The topological polar surface area (TPSA) is 21.4 Å². The molecule has 0 radical (unpaired) electrons. The van der Waals surface area contributed by atoms with E-state index in [1.807, 2.05) is 24.3 Å². The van der Waals surface area contributed by atoms with Crippen LogP contribution in [0.1, 0.15) is 29.7 Å². The van der Waals surface area contributed by atoms with Crippen LogP contribution in [-0.4, -0.2) is 14.0 Å². The third-order valence-electron chi connectivity index (χ3n) is 6.86. The highest BCUT2D eigenvalue weighted by Gasteiger charge is 2.28. The van der Waals surface area contributed by atoms with Crippen LogP contribution in [-0.2, 0) is 13.0 Å². The zero-order chi connectivity index (χ0) is 23.9. The number of thiocarbonyl (C=S) groups is 1. The lowest BCUT2D eigenvalue weighted by Crippen LogP contribution is -2.14. The van der Waals surface area contributed by atoms with Gasteiger partial charge in [0.15, 0.2) is 0 Å². The first-order valence-electron chi connectivity index (χ1n) is 12.1. The summed E-state index contributed by atoms with van der Waals surface area (Å²) < 4.78 is 4.81. The number of aromatic nitrogens is 2. The van der Waals surface area contributed by atoms with Crippen molar-refractivity contribution >= 4 is 40.1 Å². The van der Waals surface area contributed by atoms with Crippen LogP contribution in [0.2, 0.25) is 5.02 Å². The van der Waals surface area contributed by atoms with Crippen molar-refractivity contribution in [3.63, 3.8) is 0 Å². The number of halogens is 1. The quantitative estimate of drug-likeness (QED) is 0.254. The van der Waals surface area contributed by atoms with Crippen molar-refractivity contribution in [1.29, 1.82) is 0 Å². The van der Waals surface area contributed by atoms with Crippen molar-refractivity contribution in [2.24, 2.45) is 0 Å². The molecule has 0 amide bonds. The Hall–Kier alpha value is -3.34. The fraction of sp³-hybridized carbons (Fsp3) is 0.167. The number of nitrogens with one attached hydrogen (secondary N) is 1. The second kappa shape index (κ2) is 9.03. The number of hydrogen-bond acceptors (Lipinski definition) is 1. The molecule has 3 heterocycles. The summed E-state index contributed by atoms with van der Waals surface area (Å²) in [6.07, 6.45) is 5.62. The van der Waals surface area contributed by atoms with Crippen LogP contribution in [0.5, 0.6) is 0 Å². The van der Waals surface area contributed by atoms with E-state index in [1.54, 1.807) is 0 Å². The zero-order valence-corrected chi connectivity index (χ0v) is 21.2. The Labute approximate surface area is 216 Å². The highest BCUT2D eigenvalue weighted by molar-refractivity contribution is 7.81. The molecule has 0 saturated carbocycles. The molecule has 3 nitrogen and oxygen atoms in total. The van der Waals surface area contributed by atoms with Gasteiger partial charge in [-0.3, -0.25) is 4.40 Å². The highest BCUT2D eigenvalue weighted by Crippen LogP contribution is 2.40. The Balaban J connectivity index is 1.60. The summed E-state index contributed by atoms with van der Waals surface area (Å²) in [5.41, 5.74) is 10.8. The summed E-state index contributed by atoms with van der Waals surface area (Å²) >= 11 is 12.2. The van der Waals surface area contributed by atoms with Gasteiger partial charge in [-0.2, -0.15) is 0 Å². The van der Waals surface area contributed by atoms with E-state index in [0.717, 1.165) is 37.2 Å². The van der Waals surface area contributed by atoms with Crippen LogP contribution in [0.3, 0.4) is 0 Å². The van der Waals surface area contributed by atoms with Gasteiger partial charge in [-0.1, -0.05) is 84.0 Å². The number of aryl methyl sites for hydroxylation is 3. The molecule has 35 heavy (non-hydrogen) atoms. The second-order valence-electron chi connectivity index (χ2n) is 9.21.